The predicted octanol–water partition coefficient (Wildman–Crippen LogP) is 3.90. The lowest BCUT2D eigenvalue weighted by Crippen LogP contribution is -2.49. The zero-order valence-corrected chi connectivity index (χ0v) is 10.7. The van der Waals surface area contributed by atoms with Crippen LogP contribution in [0, 0.1) is 5.92 Å². The van der Waals surface area contributed by atoms with Gasteiger partial charge in [-0.2, -0.15) is 0 Å². The SMILES string of the molecule is C=C(C)CCC1(C(C)C)CCCCCN1. The van der Waals surface area contributed by atoms with Gasteiger partial charge in [-0.05, 0) is 45.1 Å². The Hall–Kier alpha value is -0.300. The first-order chi connectivity index (χ1) is 7.07. The monoisotopic (exact) mass is 209 g/mol. The van der Waals surface area contributed by atoms with Gasteiger partial charge in [0.25, 0.3) is 0 Å². The van der Waals surface area contributed by atoms with E-state index in [0.717, 1.165) is 5.92 Å². The fraction of sp³-hybridized carbons (Fsp3) is 0.857. The summed E-state index contributed by atoms with van der Waals surface area (Å²) in [5.41, 5.74) is 1.70. The van der Waals surface area contributed by atoms with Crippen LogP contribution in [0.3, 0.4) is 0 Å². The van der Waals surface area contributed by atoms with E-state index in [0.29, 0.717) is 5.54 Å². The minimum atomic E-state index is 0.384. The summed E-state index contributed by atoms with van der Waals surface area (Å²) >= 11 is 0. The molecule has 1 atom stereocenters. The van der Waals surface area contributed by atoms with E-state index in [1.807, 2.05) is 0 Å². The van der Waals surface area contributed by atoms with Crippen molar-refractivity contribution in [3.8, 4) is 0 Å². The topological polar surface area (TPSA) is 12.0 Å². The van der Waals surface area contributed by atoms with Crippen LogP contribution in [-0.2, 0) is 0 Å². The maximum atomic E-state index is 4.03. The van der Waals surface area contributed by atoms with Crippen molar-refractivity contribution in [2.45, 2.75) is 64.8 Å². The average Bonchev–Trinajstić information content (AvgIpc) is 2.40. The van der Waals surface area contributed by atoms with Crippen LogP contribution in [0.15, 0.2) is 12.2 Å². The molecule has 1 heteroatoms. The molecule has 1 nitrogen and oxygen atoms in total. The summed E-state index contributed by atoms with van der Waals surface area (Å²) in [6.45, 7) is 12.1. The molecule has 1 aliphatic rings. The minimum absolute atomic E-state index is 0.384. The molecule has 0 aromatic carbocycles. The van der Waals surface area contributed by atoms with E-state index < -0.39 is 0 Å². The maximum Gasteiger partial charge on any atom is 0.0207 e. The van der Waals surface area contributed by atoms with Crippen molar-refractivity contribution in [3.05, 3.63) is 12.2 Å². The smallest absolute Gasteiger partial charge is 0.0207 e. The molecule has 0 aliphatic carbocycles. The van der Waals surface area contributed by atoms with Crippen LogP contribution in [-0.4, -0.2) is 12.1 Å². The Morgan fingerprint density at radius 1 is 1.33 bits per heavy atom. The van der Waals surface area contributed by atoms with Gasteiger partial charge >= 0.3 is 0 Å². The normalized spacial score (nSPS) is 27.7. The fourth-order valence-electron chi connectivity index (χ4n) is 2.60. The Balaban J connectivity index is 2.62. The Bertz CT molecular complexity index is 197. The van der Waals surface area contributed by atoms with Crippen molar-refractivity contribution in [3.63, 3.8) is 0 Å². The van der Waals surface area contributed by atoms with Crippen LogP contribution in [0.4, 0.5) is 0 Å². The van der Waals surface area contributed by atoms with Crippen molar-refractivity contribution < 1.29 is 0 Å². The first-order valence-corrected chi connectivity index (χ1v) is 6.46. The molecule has 0 amide bonds. The summed E-state index contributed by atoms with van der Waals surface area (Å²) in [5, 5.41) is 3.81. The minimum Gasteiger partial charge on any atom is -0.311 e. The number of allylic oxidation sites excluding steroid dienone is 1. The summed E-state index contributed by atoms with van der Waals surface area (Å²) in [6, 6.07) is 0. The number of hydrogen-bond donors (Lipinski definition) is 1. The zero-order valence-electron chi connectivity index (χ0n) is 10.7. The highest BCUT2D eigenvalue weighted by atomic mass is 15.0. The van der Waals surface area contributed by atoms with Gasteiger partial charge in [0.05, 0.1) is 0 Å². The van der Waals surface area contributed by atoms with Gasteiger partial charge in [0.1, 0.15) is 0 Å². The van der Waals surface area contributed by atoms with Crippen molar-refractivity contribution in [1.29, 1.82) is 0 Å². The van der Waals surface area contributed by atoms with Gasteiger partial charge in [-0.3, -0.25) is 0 Å². The lowest BCUT2D eigenvalue weighted by atomic mass is 9.78. The van der Waals surface area contributed by atoms with Gasteiger partial charge in [-0.1, -0.05) is 32.3 Å². The third kappa shape index (κ3) is 3.64. The maximum absolute atomic E-state index is 4.03. The summed E-state index contributed by atoms with van der Waals surface area (Å²) < 4.78 is 0. The molecule has 0 spiro atoms. The Morgan fingerprint density at radius 3 is 2.67 bits per heavy atom. The molecule has 1 fully saturated rings. The molecule has 0 bridgehead atoms. The van der Waals surface area contributed by atoms with Gasteiger partial charge in [-0.15, -0.1) is 6.58 Å². The lowest BCUT2D eigenvalue weighted by Gasteiger charge is -2.38. The van der Waals surface area contributed by atoms with Crippen LogP contribution in [0.5, 0.6) is 0 Å². The summed E-state index contributed by atoms with van der Waals surface area (Å²) in [5.74, 6) is 0.731. The quantitative estimate of drug-likeness (QED) is 0.692. The summed E-state index contributed by atoms with van der Waals surface area (Å²) in [6.07, 6.45) is 7.92. The molecule has 88 valence electrons. The third-order valence-corrected chi connectivity index (χ3v) is 3.88. The van der Waals surface area contributed by atoms with E-state index in [4.69, 9.17) is 0 Å². The molecular formula is C14H27N. The van der Waals surface area contributed by atoms with Crippen LogP contribution in [0.1, 0.15) is 59.3 Å². The van der Waals surface area contributed by atoms with Crippen molar-refractivity contribution >= 4 is 0 Å². The van der Waals surface area contributed by atoms with E-state index in [9.17, 15) is 0 Å². The molecule has 1 rings (SSSR count). The van der Waals surface area contributed by atoms with Gasteiger partial charge in [-0.25, -0.2) is 0 Å². The molecule has 1 N–H and O–H groups in total. The van der Waals surface area contributed by atoms with Crippen LogP contribution >= 0.6 is 0 Å². The first kappa shape index (κ1) is 12.8. The van der Waals surface area contributed by atoms with E-state index in [1.165, 1.54) is 50.6 Å². The van der Waals surface area contributed by atoms with E-state index in [2.05, 4.69) is 32.7 Å². The van der Waals surface area contributed by atoms with Crippen molar-refractivity contribution in [1.82, 2.24) is 5.32 Å². The second-order valence-corrected chi connectivity index (χ2v) is 5.51. The molecule has 0 aromatic heterocycles. The predicted molar refractivity (Wildman–Crippen MR) is 68.1 cm³/mol. The molecule has 1 saturated heterocycles. The Kier molecular flexibility index (Phi) is 4.85. The Labute approximate surface area is 95.3 Å². The van der Waals surface area contributed by atoms with E-state index in [-0.39, 0.29) is 0 Å². The Morgan fingerprint density at radius 2 is 2.07 bits per heavy atom. The highest BCUT2D eigenvalue weighted by Crippen LogP contribution is 2.32. The molecule has 0 saturated carbocycles. The second kappa shape index (κ2) is 5.69. The highest BCUT2D eigenvalue weighted by molar-refractivity contribution is 4.98. The summed E-state index contributed by atoms with van der Waals surface area (Å²) in [7, 11) is 0. The number of hydrogen-bond acceptors (Lipinski definition) is 1. The van der Waals surface area contributed by atoms with Gasteiger partial charge < -0.3 is 5.32 Å². The molecule has 1 unspecified atom stereocenters. The summed E-state index contributed by atoms with van der Waals surface area (Å²) in [4.78, 5) is 0. The van der Waals surface area contributed by atoms with Gasteiger partial charge in [0.15, 0.2) is 0 Å². The molecule has 1 aliphatic heterocycles. The van der Waals surface area contributed by atoms with Gasteiger partial charge in [0.2, 0.25) is 0 Å². The fourth-order valence-corrected chi connectivity index (χ4v) is 2.60. The first-order valence-electron chi connectivity index (χ1n) is 6.46. The molecular weight excluding hydrogens is 182 g/mol. The zero-order chi connectivity index (χ0) is 11.3. The lowest BCUT2D eigenvalue weighted by molar-refractivity contribution is 0.211. The second-order valence-electron chi connectivity index (χ2n) is 5.51. The molecule has 1 heterocycles. The van der Waals surface area contributed by atoms with Crippen molar-refractivity contribution in [2.75, 3.05) is 6.54 Å². The van der Waals surface area contributed by atoms with Crippen LogP contribution < -0.4 is 5.32 Å². The van der Waals surface area contributed by atoms with Gasteiger partial charge in [0, 0.05) is 5.54 Å². The van der Waals surface area contributed by atoms with Crippen LogP contribution in [0.25, 0.3) is 0 Å². The van der Waals surface area contributed by atoms with Crippen LogP contribution in [0.2, 0.25) is 0 Å². The molecule has 15 heavy (non-hydrogen) atoms. The van der Waals surface area contributed by atoms with E-state index in [1.54, 1.807) is 0 Å². The average molecular weight is 209 g/mol. The largest absolute Gasteiger partial charge is 0.311 e. The van der Waals surface area contributed by atoms with Crippen molar-refractivity contribution in [2.24, 2.45) is 5.92 Å². The molecule has 0 aromatic rings. The van der Waals surface area contributed by atoms with E-state index >= 15 is 0 Å². The number of rotatable bonds is 4. The standard InChI is InChI=1S/C14H27N/c1-12(2)8-10-14(13(3)4)9-6-5-7-11-15-14/h13,15H,1,5-11H2,2-4H3. The highest BCUT2D eigenvalue weighted by Gasteiger charge is 2.33. The molecule has 0 radical (unpaired) electrons. The third-order valence-electron chi connectivity index (χ3n) is 3.88. The number of nitrogens with one attached hydrogen (secondary N) is 1.